The van der Waals surface area contributed by atoms with Gasteiger partial charge in [-0.25, -0.2) is 0 Å². The molecule has 0 heterocycles. The summed E-state index contributed by atoms with van der Waals surface area (Å²) in [4.78, 5) is 25.3. The molecular formula is C22H38N2O4. The van der Waals surface area contributed by atoms with E-state index < -0.39 is 11.5 Å². The van der Waals surface area contributed by atoms with Crippen molar-refractivity contribution in [1.82, 2.24) is 10.6 Å². The summed E-state index contributed by atoms with van der Waals surface area (Å²) in [7, 11) is 0. The van der Waals surface area contributed by atoms with E-state index in [0.29, 0.717) is 12.3 Å². The molecule has 6 heteroatoms. The van der Waals surface area contributed by atoms with Gasteiger partial charge < -0.3 is 20.8 Å². The summed E-state index contributed by atoms with van der Waals surface area (Å²) in [5.41, 5.74) is -0.527. The Bertz CT molecular complexity index is 511. The zero-order chi connectivity index (χ0) is 20.4. The molecule has 2 aliphatic carbocycles. The molecule has 2 amide bonds. The monoisotopic (exact) mass is 394 g/mol. The Labute approximate surface area is 169 Å². The van der Waals surface area contributed by atoms with E-state index in [1.165, 1.54) is 19.3 Å². The average molecular weight is 395 g/mol. The number of nitrogens with one attached hydrogen (secondary N) is 2. The lowest BCUT2D eigenvalue weighted by molar-refractivity contribution is -0.132. The van der Waals surface area contributed by atoms with Crippen LogP contribution in [0.4, 0.5) is 0 Å². The van der Waals surface area contributed by atoms with E-state index in [1.807, 2.05) is 0 Å². The summed E-state index contributed by atoms with van der Waals surface area (Å²) in [5.74, 6) is -0.352. The lowest BCUT2D eigenvalue weighted by atomic mass is 9.85. The Morgan fingerprint density at radius 2 is 1.79 bits per heavy atom. The van der Waals surface area contributed by atoms with E-state index >= 15 is 0 Å². The fourth-order valence-corrected chi connectivity index (χ4v) is 4.75. The van der Waals surface area contributed by atoms with Gasteiger partial charge >= 0.3 is 0 Å². The average Bonchev–Trinajstić information content (AvgIpc) is 3.16. The van der Waals surface area contributed by atoms with Crippen molar-refractivity contribution in [2.45, 2.75) is 88.6 Å². The molecular weight excluding hydrogens is 356 g/mol. The maximum Gasteiger partial charge on any atom is 0.224 e. The molecule has 0 radical (unpaired) electrons. The van der Waals surface area contributed by atoms with Gasteiger partial charge in [0.25, 0.3) is 0 Å². The van der Waals surface area contributed by atoms with E-state index in [2.05, 4.69) is 17.2 Å². The van der Waals surface area contributed by atoms with Crippen LogP contribution in [0.25, 0.3) is 0 Å². The molecule has 2 rings (SSSR count). The summed E-state index contributed by atoms with van der Waals surface area (Å²) in [6, 6.07) is -0.260. The van der Waals surface area contributed by atoms with Crippen LogP contribution in [0.1, 0.15) is 77.0 Å². The van der Waals surface area contributed by atoms with Crippen molar-refractivity contribution in [1.29, 1.82) is 0 Å². The first-order valence-corrected chi connectivity index (χ1v) is 11.0. The third-order valence-electron chi connectivity index (χ3n) is 6.43. The number of carbonyl (C=O) groups is 2. The van der Waals surface area contributed by atoms with Crippen LogP contribution >= 0.6 is 0 Å². The number of carbonyl (C=O) groups excluding carboxylic acids is 2. The molecule has 6 nitrogen and oxygen atoms in total. The molecule has 0 spiro atoms. The molecule has 0 saturated heterocycles. The van der Waals surface area contributed by atoms with Crippen LogP contribution in [-0.2, 0) is 9.59 Å². The molecule has 2 aliphatic rings. The van der Waals surface area contributed by atoms with Crippen LogP contribution in [0.5, 0.6) is 0 Å². The summed E-state index contributed by atoms with van der Waals surface area (Å²) in [6.45, 7) is 3.57. The van der Waals surface area contributed by atoms with Gasteiger partial charge in [-0.3, -0.25) is 9.59 Å². The predicted octanol–water partition coefficient (Wildman–Crippen LogP) is 2.44. The SMILES string of the molecule is C=CC[C@@H](CC(=O)NC1(CO)CCCC1)C(=O)N[C@H](CO)CC1CCCCC1. The molecule has 0 aromatic heterocycles. The molecule has 2 atom stereocenters. The summed E-state index contributed by atoms with van der Waals surface area (Å²) in [6.07, 6.45) is 12.5. The number of aliphatic hydroxyl groups is 2. The lowest BCUT2D eigenvalue weighted by Gasteiger charge is -2.29. The minimum atomic E-state index is -0.527. The second kappa shape index (κ2) is 11.6. The highest BCUT2D eigenvalue weighted by molar-refractivity contribution is 5.86. The summed E-state index contributed by atoms with van der Waals surface area (Å²) in [5, 5.41) is 25.3. The van der Waals surface area contributed by atoms with Gasteiger partial charge in [0.2, 0.25) is 11.8 Å². The van der Waals surface area contributed by atoms with Crippen molar-refractivity contribution in [3.8, 4) is 0 Å². The van der Waals surface area contributed by atoms with Crippen LogP contribution in [0, 0.1) is 11.8 Å². The Hall–Kier alpha value is -1.40. The van der Waals surface area contributed by atoms with Gasteiger partial charge in [0.05, 0.1) is 30.7 Å². The molecule has 28 heavy (non-hydrogen) atoms. The number of allylic oxidation sites excluding steroid dienone is 1. The quantitative estimate of drug-likeness (QED) is 0.405. The molecule has 160 valence electrons. The number of hydrogen-bond donors (Lipinski definition) is 4. The fraction of sp³-hybridized carbons (Fsp3) is 0.818. The Kier molecular flexibility index (Phi) is 9.45. The number of amides is 2. The predicted molar refractivity (Wildman–Crippen MR) is 110 cm³/mol. The van der Waals surface area contributed by atoms with Gasteiger partial charge in [0, 0.05) is 6.42 Å². The van der Waals surface area contributed by atoms with E-state index in [0.717, 1.165) is 44.9 Å². The smallest absolute Gasteiger partial charge is 0.224 e. The third kappa shape index (κ3) is 6.89. The van der Waals surface area contributed by atoms with Crippen LogP contribution < -0.4 is 10.6 Å². The second-order valence-electron chi connectivity index (χ2n) is 8.75. The molecule has 4 N–H and O–H groups in total. The Morgan fingerprint density at radius 3 is 2.36 bits per heavy atom. The standard InChI is InChI=1S/C22H38N2O4/c1-2-8-18(14-20(27)24-22(16-26)11-6-7-12-22)21(28)23-19(15-25)13-17-9-4-3-5-10-17/h2,17-19,25-26H,1,3-16H2,(H,23,28)(H,24,27)/t18-,19-/m0/s1. The van der Waals surface area contributed by atoms with Gasteiger partial charge in [-0.2, -0.15) is 0 Å². The highest BCUT2D eigenvalue weighted by Crippen LogP contribution is 2.30. The first kappa shape index (κ1) is 22.9. The highest BCUT2D eigenvalue weighted by Gasteiger charge is 2.35. The maximum atomic E-state index is 12.8. The third-order valence-corrected chi connectivity index (χ3v) is 6.43. The first-order chi connectivity index (χ1) is 13.5. The van der Waals surface area contributed by atoms with Crippen molar-refractivity contribution in [2.75, 3.05) is 13.2 Å². The molecule has 2 saturated carbocycles. The largest absolute Gasteiger partial charge is 0.394 e. The van der Waals surface area contributed by atoms with Gasteiger partial charge in [0.1, 0.15) is 0 Å². The van der Waals surface area contributed by atoms with Crippen LogP contribution in [0.3, 0.4) is 0 Å². The zero-order valence-corrected chi connectivity index (χ0v) is 17.1. The van der Waals surface area contributed by atoms with Gasteiger partial charge in [0.15, 0.2) is 0 Å². The van der Waals surface area contributed by atoms with Gasteiger partial charge in [-0.1, -0.05) is 51.0 Å². The minimum Gasteiger partial charge on any atom is -0.394 e. The fourth-order valence-electron chi connectivity index (χ4n) is 4.75. The van der Waals surface area contributed by atoms with Crippen LogP contribution in [0.15, 0.2) is 12.7 Å². The first-order valence-electron chi connectivity index (χ1n) is 11.0. The topological polar surface area (TPSA) is 98.7 Å². The van der Waals surface area contributed by atoms with Crippen LogP contribution in [-0.4, -0.2) is 46.8 Å². The summed E-state index contributed by atoms with van der Waals surface area (Å²) < 4.78 is 0. The maximum absolute atomic E-state index is 12.8. The number of hydrogen-bond acceptors (Lipinski definition) is 4. The Balaban J connectivity index is 1.88. The molecule has 0 aromatic carbocycles. The van der Waals surface area contributed by atoms with E-state index in [9.17, 15) is 19.8 Å². The zero-order valence-electron chi connectivity index (χ0n) is 17.1. The lowest BCUT2D eigenvalue weighted by Crippen LogP contribution is -2.50. The van der Waals surface area contributed by atoms with Gasteiger partial charge in [-0.05, 0) is 31.6 Å². The van der Waals surface area contributed by atoms with Crippen LogP contribution in [0.2, 0.25) is 0 Å². The van der Waals surface area contributed by atoms with E-state index in [-0.39, 0.29) is 37.5 Å². The molecule has 0 bridgehead atoms. The molecule has 0 aliphatic heterocycles. The number of aliphatic hydroxyl groups excluding tert-OH is 2. The molecule has 0 unspecified atom stereocenters. The van der Waals surface area contributed by atoms with Crippen molar-refractivity contribution < 1.29 is 19.8 Å². The van der Waals surface area contributed by atoms with Crippen molar-refractivity contribution >= 4 is 11.8 Å². The molecule has 0 aromatic rings. The van der Waals surface area contributed by atoms with Crippen molar-refractivity contribution in [3.05, 3.63) is 12.7 Å². The normalized spacial score (nSPS) is 21.6. The van der Waals surface area contributed by atoms with Crippen molar-refractivity contribution in [2.24, 2.45) is 11.8 Å². The van der Waals surface area contributed by atoms with E-state index in [1.54, 1.807) is 6.08 Å². The van der Waals surface area contributed by atoms with E-state index in [4.69, 9.17) is 0 Å². The Morgan fingerprint density at radius 1 is 1.11 bits per heavy atom. The summed E-state index contributed by atoms with van der Waals surface area (Å²) >= 11 is 0. The van der Waals surface area contributed by atoms with Crippen molar-refractivity contribution in [3.63, 3.8) is 0 Å². The highest BCUT2D eigenvalue weighted by atomic mass is 16.3. The minimum absolute atomic E-state index is 0.0644. The molecule has 2 fully saturated rings. The number of rotatable bonds is 11. The van der Waals surface area contributed by atoms with Gasteiger partial charge in [-0.15, -0.1) is 6.58 Å². The second-order valence-corrected chi connectivity index (χ2v) is 8.75.